The number of piperazine rings is 1. The molecule has 144 valence electrons. The SMILES string of the molecule is O=[N+]([O-])c1cccc(CN2CCN(CCNC3CCCCCC3)CC2)c1. The Labute approximate surface area is 156 Å². The van der Waals surface area contributed by atoms with Crippen molar-refractivity contribution in [2.75, 3.05) is 39.3 Å². The van der Waals surface area contributed by atoms with Crippen LogP contribution in [0.5, 0.6) is 0 Å². The molecule has 1 aliphatic carbocycles. The molecule has 1 N–H and O–H groups in total. The number of nitro groups is 1. The van der Waals surface area contributed by atoms with Gasteiger partial charge in [0, 0.05) is 64.0 Å². The van der Waals surface area contributed by atoms with Gasteiger partial charge in [-0.05, 0) is 18.4 Å². The van der Waals surface area contributed by atoms with Crippen LogP contribution in [0.25, 0.3) is 0 Å². The summed E-state index contributed by atoms with van der Waals surface area (Å²) in [5.74, 6) is 0. The lowest BCUT2D eigenvalue weighted by atomic mass is 10.1. The third-order valence-corrected chi connectivity index (χ3v) is 5.71. The number of nitrogens with zero attached hydrogens (tertiary/aromatic N) is 3. The molecule has 1 saturated heterocycles. The van der Waals surface area contributed by atoms with Gasteiger partial charge in [0.2, 0.25) is 0 Å². The Balaban J connectivity index is 1.35. The van der Waals surface area contributed by atoms with E-state index in [0.29, 0.717) is 0 Å². The van der Waals surface area contributed by atoms with E-state index in [9.17, 15) is 10.1 Å². The summed E-state index contributed by atoms with van der Waals surface area (Å²) < 4.78 is 0. The first-order valence-corrected chi connectivity index (χ1v) is 10.1. The number of rotatable bonds is 7. The first-order chi connectivity index (χ1) is 12.7. The van der Waals surface area contributed by atoms with Crippen LogP contribution in [-0.4, -0.2) is 60.0 Å². The predicted molar refractivity (Wildman–Crippen MR) is 104 cm³/mol. The van der Waals surface area contributed by atoms with Crippen LogP contribution in [0, 0.1) is 10.1 Å². The molecule has 0 unspecified atom stereocenters. The van der Waals surface area contributed by atoms with E-state index >= 15 is 0 Å². The Morgan fingerprint density at radius 2 is 1.73 bits per heavy atom. The molecule has 1 aliphatic heterocycles. The lowest BCUT2D eigenvalue weighted by Crippen LogP contribution is -2.48. The minimum atomic E-state index is -0.317. The molecule has 0 spiro atoms. The van der Waals surface area contributed by atoms with Gasteiger partial charge in [0.05, 0.1) is 4.92 Å². The van der Waals surface area contributed by atoms with Crippen molar-refractivity contribution in [2.45, 2.75) is 51.1 Å². The Morgan fingerprint density at radius 1 is 1.04 bits per heavy atom. The summed E-state index contributed by atoms with van der Waals surface area (Å²) in [7, 11) is 0. The summed E-state index contributed by atoms with van der Waals surface area (Å²) in [4.78, 5) is 15.5. The summed E-state index contributed by atoms with van der Waals surface area (Å²) in [6.45, 7) is 7.26. The van der Waals surface area contributed by atoms with Gasteiger partial charge in [-0.3, -0.25) is 19.9 Å². The summed E-state index contributed by atoms with van der Waals surface area (Å²) in [5.41, 5.74) is 1.22. The maximum absolute atomic E-state index is 10.9. The highest BCUT2D eigenvalue weighted by molar-refractivity contribution is 5.34. The van der Waals surface area contributed by atoms with Crippen molar-refractivity contribution in [3.63, 3.8) is 0 Å². The zero-order valence-electron chi connectivity index (χ0n) is 15.7. The highest BCUT2D eigenvalue weighted by atomic mass is 16.6. The van der Waals surface area contributed by atoms with Gasteiger partial charge in [0.1, 0.15) is 0 Å². The van der Waals surface area contributed by atoms with Crippen LogP contribution in [0.2, 0.25) is 0 Å². The smallest absolute Gasteiger partial charge is 0.269 e. The minimum Gasteiger partial charge on any atom is -0.313 e. The molecule has 1 aromatic carbocycles. The van der Waals surface area contributed by atoms with Crippen LogP contribution in [0.15, 0.2) is 24.3 Å². The molecular formula is C20H32N4O2. The minimum absolute atomic E-state index is 0.186. The molecule has 0 atom stereocenters. The van der Waals surface area contributed by atoms with Gasteiger partial charge in [0.15, 0.2) is 0 Å². The lowest BCUT2D eigenvalue weighted by Gasteiger charge is -2.35. The van der Waals surface area contributed by atoms with E-state index in [1.54, 1.807) is 18.2 Å². The number of benzene rings is 1. The van der Waals surface area contributed by atoms with E-state index in [1.807, 2.05) is 6.07 Å². The summed E-state index contributed by atoms with van der Waals surface area (Å²) >= 11 is 0. The largest absolute Gasteiger partial charge is 0.313 e. The number of hydrogen-bond acceptors (Lipinski definition) is 5. The number of non-ortho nitro benzene ring substituents is 1. The number of hydrogen-bond donors (Lipinski definition) is 1. The maximum Gasteiger partial charge on any atom is 0.269 e. The van der Waals surface area contributed by atoms with E-state index in [-0.39, 0.29) is 10.6 Å². The van der Waals surface area contributed by atoms with Crippen molar-refractivity contribution in [2.24, 2.45) is 0 Å². The first-order valence-electron chi connectivity index (χ1n) is 10.1. The fourth-order valence-corrected chi connectivity index (χ4v) is 4.11. The second-order valence-electron chi connectivity index (χ2n) is 7.69. The zero-order chi connectivity index (χ0) is 18.2. The average molecular weight is 361 g/mol. The third-order valence-electron chi connectivity index (χ3n) is 5.71. The fourth-order valence-electron chi connectivity index (χ4n) is 4.11. The monoisotopic (exact) mass is 360 g/mol. The fraction of sp³-hybridized carbons (Fsp3) is 0.700. The predicted octanol–water partition coefficient (Wildman–Crippen LogP) is 3.02. The molecule has 26 heavy (non-hydrogen) atoms. The summed E-state index contributed by atoms with van der Waals surface area (Å²) in [5, 5.41) is 14.7. The van der Waals surface area contributed by atoms with Crippen molar-refractivity contribution in [3.8, 4) is 0 Å². The van der Waals surface area contributed by atoms with E-state index in [1.165, 1.54) is 38.5 Å². The normalized spacial score (nSPS) is 20.8. The molecule has 0 amide bonds. The van der Waals surface area contributed by atoms with Gasteiger partial charge in [-0.1, -0.05) is 37.8 Å². The Kier molecular flexibility index (Phi) is 7.41. The standard InChI is InChI=1S/C20H32N4O2/c25-24(26)20-9-5-6-18(16-20)17-23-14-12-22(13-15-23)11-10-21-19-7-3-1-2-4-8-19/h5-6,9,16,19,21H,1-4,7-8,10-15,17H2. The van der Waals surface area contributed by atoms with Gasteiger partial charge in [0.25, 0.3) is 5.69 Å². The average Bonchev–Trinajstić information content (AvgIpc) is 2.92. The van der Waals surface area contributed by atoms with Crippen LogP contribution in [-0.2, 0) is 6.54 Å². The summed E-state index contributed by atoms with van der Waals surface area (Å²) in [6, 6.07) is 7.75. The maximum atomic E-state index is 10.9. The molecule has 0 bridgehead atoms. The molecule has 2 aliphatic rings. The molecule has 3 rings (SSSR count). The van der Waals surface area contributed by atoms with Crippen molar-refractivity contribution in [1.82, 2.24) is 15.1 Å². The second kappa shape index (κ2) is 10.00. The molecule has 1 heterocycles. The third kappa shape index (κ3) is 6.04. The second-order valence-corrected chi connectivity index (χ2v) is 7.69. The highest BCUT2D eigenvalue weighted by Crippen LogP contribution is 2.17. The number of nitrogens with one attached hydrogen (secondary N) is 1. The molecule has 0 radical (unpaired) electrons. The molecule has 6 heteroatoms. The van der Waals surface area contributed by atoms with E-state index < -0.39 is 0 Å². The molecule has 0 aromatic heterocycles. The van der Waals surface area contributed by atoms with E-state index in [2.05, 4.69) is 15.1 Å². The van der Waals surface area contributed by atoms with Crippen LogP contribution < -0.4 is 5.32 Å². The number of nitro benzene ring substituents is 1. The van der Waals surface area contributed by atoms with Crippen LogP contribution in [0.1, 0.15) is 44.1 Å². The van der Waals surface area contributed by atoms with Crippen LogP contribution >= 0.6 is 0 Å². The van der Waals surface area contributed by atoms with Gasteiger partial charge in [-0.2, -0.15) is 0 Å². The lowest BCUT2D eigenvalue weighted by molar-refractivity contribution is -0.384. The van der Waals surface area contributed by atoms with E-state index in [4.69, 9.17) is 0 Å². The molecule has 1 saturated carbocycles. The zero-order valence-corrected chi connectivity index (χ0v) is 15.7. The van der Waals surface area contributed by atoms with Crippen LogP contribution in [0.4, 0.5) is 5.69 Å². The Bertz CT molecular complexity index is 565. The van der Waals surface area contributed by atoms with Crippen molar-refractivity contribution >= 4 is 5.69 Å². The van der Waals surface area contributed by atoms with Crippen molar-refractivity contribution < 1.29 is 4.92 Å². The van der Waals surface area contributed by atoms with Gasteiger partial charge < -0.3 is 5.32 Å². The first kappa shape index (κ1) is 19.3. The molecule has 2 fully saturated rings. The molecule has 6 nitrogen and oxygen atoms in total. The van der Waals surface area contributed by atoms with Crippen molar-refractivity contribution in [3.05, 3.63) is 39.9 Å². The highest BCUT2D eigenvalue weighted by Gasteiger charge is 2.18. The van der Waals surface area contributed by atoms with E-state index in [0.717, 1.165) is 57.4 Å². The van der Waals surface area contributed by atoms with Crippen LogP contribution in [0.3, 0.4) is 0 Å². The Hall–Kier alpha value is -1.50. The van der Waals surface area contributed by atoms with Crippen molar-refractivity contribution in [1.29, 1.82) is 0 Å². The molecule has 1 aromatic rings. The topological polar surface area (TPSA) is 61.7 Å². The van der Waals surface area contributed by atoms with Gasteiger partial charge in [-0.25, -0.2) is 0 Å². The van der Waals surface area contributed by atoms with Gasteiger partial charge in [-0.15, -0.1) is 0 Å². The quantitative estimate of drug-likeness (QED) is 0.460. The van der Waals surface area contributed by atoms with Gasteiger partial charge >= 0.3 is 0 Å². The summed E-state index contributed by atoms with van der Waals surface area (Å²) in [6.07, 6.45) is 8.27. The Morgan fingerprint density at radius 3 is 2.42 bits per heavy atom. The molecular weight excluding hydrogens is 328 g/mol.